The van der Waals surface area contributed by atoms with Crippen LogP contribution >= 0.6 is 0 Å². The standard InChI is InChI=1S/C10H15N3O/c1-3-9(14)8-4-5-10(12-6-8)13-7-11-2/h4-7,9,14H,3H2,1-2H3,(H,11,12,13). The second-order valence-corrected chi connectivity index (χ2v) is 2.93. The number of pyridine rings is 1. The number of hydrogen-bond donors (Lipinski definition) is 2. The number of anilines is 1. The van der Waals surface area contributed by atoms with Gasteiger partial charge in [-0.25, -0.2) is 4.98 Å². The molecule has 1 aromatic heterocycles. The predicted octanol–water partition coefficient (Wildman–Crippen LogP) is 1.59. The number of aliphatic hydroxyl groups excluding tert-OH is 1. The van der Waals surface area contributed by atoms with E-state index in [4.69, 9.17) is 0 Å². The molecule has 1 heterocycles. The fourth-order valence-corrected chi connectivity index (χ4v) is 1.05. The number of nitrogens with one attached hydrogen (secondary N) is 1. The molecular formula is C10H15N3O. The van der Waals surface area contributed by atoms with E-state index in [0.717, 1.165) is 11.4 Å². The molecule has 1 atom stereocenters. The van der Waals surface area contributed by atoms with Gasteiger partial charge in [0.25, 0.3) is 0 Å². The van der Waals surface area contributed by atoms with Crippen molar-refractivity contribution >= 4 is 12.2 Å². The Morgan fingerprint density at radius 3 is 2.93 bits per heavy atom. The van der Waals surface area contributed by atoms with Crippen LogP contribution in [0.5, 0.6) is 0 Å². The second-order valence-electron chi connectivity index (χ2n) is 2.93. The molecule has 4 nitrogen and oxygen atoms in total. The molecule has 1 rings (SSSR count). The van der Waals surface area contributed by atoms with Gasteiger partial charge in [-0.3, -0.25) is 4.99 Å². The summed E-state index contributed by atoms with van der Waals surface area (Å²) >= 11 is 0. The van der Waals surface area contributed by atoms with E-state index < -0.39 is 6.10 Å². The largest absolute Gasteiger partial charge is 0.388 e. The third-order valence-electron chi connectivity index (χ3n) is 1.90. The number of aromatic nitrogens is 1. The molecule has 1 aromatic rings. The van der Waals surface area contributed by atoms with E-state index >= 15 is 0 Å². The van der Waals surface area contributed by atoms with Crippen LogP contribution in [0.3, 0.4) is 0 Å². The maximum atomic E-state index is 9.51. The van der Waals surface area contributed by atoms with Gasteiger partial charge < -0.3 is 10.4 Å². The molecule has 4 heteroatoms. The molecule has 14 heavy (non-hydrogen) atoms. The average molecular weight is 193 g/mol. The van der Waals surface area contributed by atoms with Crippen molar-refractivity contribution in [1.82, 2.24) is 4.98 Å². The number of rotatable bonds is 4. The second kappa shape index (κ2) is 5.34. The Balaban J connectivity index is 2.68. The normalized spacial score (nSPS) is 13.1. The van der Waals surface area contributed by atoms with Crippen molar-refractivity contribution in [2.45, 2.75) is 19.4 Å². The molecule has 0 saturated carbocycles. The SMILES string of the molecule is CCC(O)c1ccc(NC=NC)nc1. The van der Waals surface area contributed by atoms with Crippen LogP contribution in [0.2, 0.25) is 0 Å². The Morgan fingerprint density at radius 2 is 2.43 bits per heavy atom. The van der Waals surface area contributed by atoms with Gasteiger partial charge in [0.1, 0.15) is 5.82 Å². The number of aliphatic imine (C=N–C) groups is 1. The first-order chi connectivity index (χ1) is 6.77. The van der Waals surface area contributed by atoms with Crippen LogP contribution in [0.15, 0.2) is 23.3 Å². The molecule has 0 aliphatic rings. The summed E-state index contributed by atoms with van der Waals surface area (Å²) in [6, 6.07) is 3.67. The summed E-state index contributed by atoms with van der Waals surface area (Å²) in [5, 5.41) is 12.4. The molecule has 0 saturated heterocycles. The molecule has 0 bridgehead atoms. The quantitative estimate of drug-likeness (QED) is 0.564. The first-order valence-electron chi connectivity index (χ1n) is 4.59. The zero-order valence-electron chi connectivity index (χ0n) is 8.44. The maximum Gasteiger partial charge on any atom is 0.130 e. The minimum absolute atomic E-state index is 0.420. The molecule has 0 fully saturated rings. The Bertz CT molecular complexity index is 295. The number of aliphatic hydroxyl groups is 1. The monoisotopic (exact) mass is 193 g/mol. The third kappa shape index (κ3) is 2.81. The van der Waals surface area contributed by atoms with Gasteiger partial charge in [-0.1, -0.05) is 13.0 Å². The summed E-state index contributed by atoms with van der Waals surface area (Å²) in [6.07, 6.45) is 3.51. The van der Waals surface area contributed by atoms with Crippen LogP contribution in [-0.4, -0.2) is 23.5 Å². The molecule has 0 aromatic carbocycles. The fraction of sp³-hybridized carbons (Fsp3) is 0.400. The summed E-state index contributed by atoms with van der Waals surface area (Å²) in [7, 11) is 1.68. The van der Waals surface area contributed by atoms with E-state index in [1.807, 2.05) is 19.1 Å². The predicted molar refractivity (Wildman–Crippen MR) is 57.5 cm³/mol. The van der Waals surface area contributed by atoms with Crippen molar-refractivity contribution < 1.29 is 5.11 Å². The van der Waals surface area contributed by atoms with Gasteiger partial charge in [0.05, 0.1) is 12.4 Å². The van der Waals surface area contributed by atoms with E-state index in [1.165, 1.54) is 0 Å². The first-order valence-corrected chi connectivity index (χ1v) is 4.59. The van der Waals surface area contributed by atoms with Crippen LogP contribution in [0.4, 0.5) is 5.82 Å². The van der Waals surface area contributed by atoms with Gasteiger partial charge in [-0.05, 0) is 18.1 Å². The van der Waals surface area contributed by atoms with E-state index in [2.05, 4.69) is 15.3 Å². The first kappa shape index (κ1) is 10.7. The highest BCUT2D eigenvalue weighted by Gasteiger charge is 2.03. The molecule has 0 spiro atoms. The molecule has 0 aliphatic carbocycles. The van der Waals surface area contributed by atoms with E-state index in [0.29, 0.717) is 6.42 Å². The van der Waals surface area contributed by atoms with Gasteiger partial charge in [0.15, 0.2) is 0 Å². The molecule has 2 N–H and O–H groups in total. The Morgan fingerprint density at radius 1 is 1.64 bits per heavy atom. The van der Waals surface area contributed by atoms with Gasteiger partial charge in [-0.2, -0.15) is 0 Å². The lowest BCUT2D eigenvalue weighted by Gasteiger charge is -2.07. The fourth-order valence-electron chi connectivity index (χ4n) is 1.05. The highest BCUT2D eigenvalue weighted by molar-refractivity contribution is 5.73. The summed E-state index contributed by atoms with van der Waals surface area (Å²) in [5.41, 5.74) is 0.839. The van der Waals surface area contributed by atoms with Crippen molar-refractivity contribution in [3.05, 3.63) is 23.9 Å². The van der Waals surface area contributed by atoms with E-state index in [9.17, 15) is 5.11 Å². The highest BCUT2D eigenvalue weighted by Crippen LogP contribution is 2.15. The minimum Gasteiger partial charge on any atom is -0.388 e. The summed E-state index contributed by atoms with van der Waals surface area (Å²) in [6.45, 7) is 1.93. The summed E-state index contributed by atoms with van der Waals surface area (Å²) in [4.78, 5) is 7.90. The van der Waals surface area contributed by atoms with Gasteiger partial charge in [-0.15, -0.1) is 0 Å². The molecule has 1 unspecified atom stereocenters. The van der Waals surface area contributed by atoms with E-state index in [1.54, 1.807) is 19.6 Å². The van der Waals surface area contributed by atoms with Crippen LogP contribution in [0, 0.1) is 0 Å². The van der Waals surface area contributed by atoms with Crippen LogP contribution in [-0.2, 0) is 0 Å². The van der Waals surface area contributed by atoms with Crippen molar-refractivity contribution in [1.29, 1.82) is 0 Å². The third-order valence-corrected chi connectivity index (χ3v) is 1.90. The van der Waals surface area contributed by atoms with Gasteiger partial charge in [0.2, 0.25) is 0 Å². The molecule has 0 aliphatic heterocycles. The number of nitrogens with zero attached hydrogens (tertiary/aromatic N) is 2. The molecular weight excluding hydrogens is 178 g/mol. The van der Waals surface area contributed by atoms with Gasteiger partial charge >= 0.3 is 0 Å². The average Bonchev–Trinajstić information content (AvgIpc) is 2.26. The molecule has 0 amide bonds. The Labute approximate surface area is 83.7 Å². The lowest BCUT2D eigenvalue weighted by atomic mass is 10.1. The zero-order valence-corrected chi connectivity index (χ0v) is 8.44. The Kier molecular flexibility index (Phi) is 4.07. The summed E-state index contributed by atoms with van der Waals surface area (Å²) in [5.74, 6) is 0.725. The van der Waals surface area contributed by atoms with Crippen molar-refractivity contribution in [2.24, 2.45) is 4.99 Å². The van der Waals surface area contributed by atoms with Gasteiger partial charge in [0, 0.05) is 13.2 Å². The topological polar surface area (TPSA) is 57.5 Å². The number of hydrogen-bond acceptors (Lipinski definition) is 3. The van der Waals surface area contributed by atoms with Crippen molar-refractivity contribution in [3.63, 3.8) is 0 Å². The minimum atomic E-state index is -0.420. The maximum absolute atomic E-state index is 9.51. The Hall–Kier alpha value is -1.42. The molecule has 0 radical (unpaired) electrons. The van der Waals surface area contributed by atoms with Crippen LogP contribution in [0.25, 0.3) is 0 Å². The zero-order chi connectivity index (χ0) is 10.4. The van der Waals surface area contributed by atoms with Crippen LogP contribution in [0.1, 0.15) is 25.0 Å². The van der Waals surface area contributed by atoms with E-state index in [-0.39, 0.29) is 0 Å². The lowest BCUT2D eigenvalue weighted by Crippen LogP contribution is -2.00. The molecule has 76 valence electrons. The van der Waals surface area contributed by atoms with Crippen molar-refractivity contribution in [2.75, 3.05) is 12.4 Å². The summed E-state index contributed by atoms with van der Waals surface area (Å²) < 4.78 is 0. The highest BCUT2D eigenvalue weighted by atomic mass is 16.3. The lowest BCUT2D eigenvalue weighted by molar-refractivity contribution is 0.173. The van der Waals surface area contributed by atoms with Crippen molar-refractivity contribution in [3.8, 4) is 0 Å². The van der Waals surface area contributed by atoms with Crippen LogP contribution < -0.4 is 5.32 Å². The smallest absolute Gasteiger partial charge is 0.130 e.